The molecule has 1 atom stereocenters. The number of aliphatic hydroxyl groups excluding tert-OH is 1. The first kappa shape index (κ1) is 18.9. The third-order valence-corrected chi connectivity index (χ3v) is 4.62. The number of amides is 2. The smallest absolute Gasteiger partial charge is 0.392 e. The standard InChI is InChI=1S/C17H15F3N4O3/c18-17(19,20)12-3-4-14(22-7-12)24(16(21)27)5-1-2-10-6-11(8-25)13(9-26)23-15(10)24/h3-4,6-7,9,25H,1-2,5,8H2,(H-,21,27)/p+1. The van der Waals surface area contributed by atoms with Crippen molar-refractivity contribution < 1.29 is 27.9 Å². The number of nitrogens with two attached hydrogens (primary N) is 1. The summed E-state index contributed by atoms with van der Waals surface area (Å²) >= 11 is 0. The number of hydrogen-bond donors (Lipinski definition) is 2. The van der Waals surface area contributed by atoms with Crippen LogP contribution in [0.3, 0.4) is 0 Å². The average molecular weight is 381 g/mol. The molecule has 1 unspecified atom stereocenters. The number of urea groups is 1. The Morgan fingerprint density at radius 1 is 1.37 bits per heavy atom. The number of rotatable bonds is 3. The van der Waals surface area contributed by atoms with Crippen LogP contribution < -0.4 is 10.2 Å². The summed E-state index contributed by atoms with van der Waals surface area (Å²) in [6.07, 6.45) is -2.48. The number of fused-ring (bicyclic) bond motifs is 1. The van der Waals surface area contributed by atoms with Crippen molar-refractivity contribution in [3.8, 4) is 0 Å². The fourth-order valence-corrected chi connectivity index (χ4v) is 3.29. The van der Waals surface area contributed by atoms with E-state index in [-0.39, 0.29) is 23.9 Å². The Kier molecular flexibility index (Phi) is 4.70. The maximum atomic E-state index is 12.8. The van der Waals surface area contributed by atoms with Crippen molar-refractivity contribution in [2.75, 3.05) is 6.54 Å². The van der Waals surface area contributed by atoms with Crippen molar-refractivity contribution in [3.63, 3.8) is 0 Å². The van der Waals surface area contributed by atoms with E-state index in [1.54, 1.807) is 6.07 Å². The minimum Gasteiger partial charge on any atom is -0.392 e. The number of nitrogens with zero attached hydrogens (tertiary/aromatic N) is 3. The van der Waals surface area contributed by atoms with Crippen LogP contribution in [0, 0.1) is 0 Å². The van der Waals surface area contributed by atoms with E-state index in [0.29, 0.717) is 36.5 Å². The van der Waals surface area contributed by atoms with E-state index in [0.717, 1.165) is 12.1 Å². The molecule has 2 aromatic rings. The minimum atomic E-state index is -4.57. The Morgan fingerprint density at radius 3 is 2.63 bits per heavy atom. The lowest BCUT2D eigenvalue weighted by Gasteiger charge is -2.35. The van der Waals surface area contributed by atoms with E-state index in [4.69, 9.17) is 5.73 Å². The number of aliphatic hydroxyl groups is 1. The Bertz CT molecular complexity index is 900. The van der Waals surface area contributed by atoms with Crippen LogP contribution >= 0.6 is 0 Å². The molecule has 27 heavy (non-hydrogen) atoms. The number of halogens is 3. The van der Waals surface area contributed by atoms with Crippen molar-refractivity contribution >= 4 is 24.0 Å². The molecule has 0 spiro atoms. The highest BCUT2D eigenvalue weighted by Crippen LogP contribution is 2.40. The van der Waals surface area contributed by atoms with Crippen molar-refractivity contribution in [1.29, 1.82) is 0 Å². The normalized spacial score (nSPS) is 19.4. The second kappa shape index (κ2) is 6.71. The lowest BCUT2D eigenvalue weighted by molar-refractivity contribution is -0.137. The van der Waals surface area contributed by atoms with E-state index in [2.05, 4.69) is 9.97 Å². The van der Waals surface area contributed by atoms with Gasteiger partial charge in [0.1, 0.15) is 12.2 Å². The number of aldehydes is 1. The third kappa shape index (κ3) is 3.06. The summed E-state index contributed by atoms with van der Waals surface area (Å²) in [6, 6.07) is 2.60. The van der Waals surface area contributed by atoms with Gasteiger partial charge in [-0.15, -0.1) is 4.48 Å². The molecule has 7 nitrogen and oxygen atoms in total. The van der Waals surface area contributed by atoms with Crippen LogP contribution in [0.4, 0.5) is 29.6 Å². The maximum Gasteiger partial charge on any atom is 0.426 e. The first-order chi connectivity index (χ1) is 12.7. The van der Waals surface area contributed by atoms with Crippen molar-refractivity contribution in [2.45, 2.75) is 25.6 Å². The van der Waals surface area contributed by atoms with Crippen LogP contribution in [-0.2, 0) is 19.2 Å². The molecule has 10 heteroatoms. The summed E-state index contributed by atoms with van der Waals surface area (Å²) in [7, 11) is 0. The van der Waals surface area contributed by atoms with Gasteiger partial charge in [-0.25, -0.2) is 9.78 Å². The van der Waals surface area contributed by atoms with E-state index in [9.17, 15) is 27.9 Å². The van der Waals surface area contributed by atoms with Gasteiger partial charge in [0.2, 0.25) is 11.6 Å². The van der Waals surface area contributed by atoms with Gasteiger partial charge < -0.3 is 10.8 Å². The maximum absolute atomic E-state index is 12.8. The zero-order chi connectivity index (χ0) is 19.8. The van der Waals surface area contributed by atoms with Crippen LogP contribution in [-0.4, -0.2) is 33.9 Å². The predicted molar refractivity (Wildman–Crippen MR) is 89.0 cm³/mol. The fraction of sp³-hybridized carbons (Fsp3) is 0.294. The van der Waals surface area contributed by atoms with Crippen LogP contribution in [0.2, 0.25) is 0 Å². The number of pyridine rings is 2. The quantitative estimate of drug-likeness (QED) is 0.628. The van der Waals surface area contributed by atoms with E-state index < -0.39 is 28.9 Å². The molecule has 0 bridgehead atoms. The number of aromatic nitrogens is 2. The minimum absolute atomic E-state index is 0.0162. The Balaban J connectivity index is 2.23. The molecule has 1 aliphatic heterocycles. The van der Waals surface area contributed by atoms with E-state index >= 15 is 0 Å². The van der Waals surface area contributed by atoms with E-state index in [1.807, 2.05) is 0 Å². The summed E-state index contributed by atoms with van der Waals surface area (Å²) in [6.45, 7) is -0.270. The first-order valence-electron chi connectivity index (χ1n) is 8.05. The highest BCUT2D eigenvalue weighted by atomic mass is 19.4. The van der Waals surface area contributed by atoms with Crippen LogP contribution in [0.1, 0.15) is 33.6 Å². The van der Waals surface area contributed by atoms with Crippen LogP contribution in [0.5, 0.6) is 0 Å². The zero-order valence-corrected chi connectivity index (χ0v) is 14.0. The molecular formula is C17H16F3N4O3+. The second-order valence-electron chi connectivity index (χ2n) is 6.17. The number of quaternary nitrogens is 1. The van der Waals surface area contributed by atoms with Crippen molar-refractivity contribution in [3.05, 3.63) is 46.8 Å². The molecular weight excluding hydrogens is 365 g/mol. The lowest BCUT2D eigenvalue weighted by Crippen LogP contribution is -2.56. The zero-order valence-electron chi connectivity index (χ0n) is 14.0. The number of carbonyl (C=O) groups is 2. The third-order valence-electron chi connectivity index (χ3n) is 4.62. The van der Waals surface area contributed by atoms with Crippen molar-refractivity contribution in [1.82, 2.24) is 14.5 Å². The van der Waals surface area contributed by atoms with Gasteiger partial charge in [0.05, 0.1) is 12.2 Å². The number of carbonyl (C=O) groups excluding carboxylic acids is 2. The monoisotopic (exact) mass is 381 g/mol. The Morgan fingerprint density at radius 2 is 2.11 bits per heavy atom. The van der Waals surface area contributed by atoms with Gasteiger partial charge in [-0.3, -0.25) is 4.79 Å². The summed E-state index contributed by atoms with van der Waals surface area (Å²) in [5.41, 5.74) is 5.49. The van der Waals surface area contributed by atoms with Gasteiger partial charge in [-0.1, -0.05) is 0 Å². The number of primary amides is 1. The van der Waals surface area contributed by atoms with E-state index in [1.165, 1.54) is 0 Å². The molecule has 3 N–H and O–H groups in total. The highest BCUT2D eigenvalue weighted by Gasteiger charge is 2.47. The Hall–Kier alpha value is -2.85. The highest BCUT2D eigenvalue weighted by molar-refractivity contribution is 5.92. The largest absolute Gasteiger partial charge is 0.426 e. The topological polar surface area (TPSA) is 106 Å². The summed E-state index contributed by atoms with van der Waals surface area (Å²) in [5, 5.41) is 9.40. The van der Waals surface area contributed by atoms with Gasteiger partial charge in [0, 0.05) is 29.8 Å². The SMILES string of the molecule is NC(=O)[N+]1(c2ccc(C(F)(F)F)cn2)CCCc2cc(CO)c(C=O)nc21. The molecule has 3 rings (SSSR count). The molecule has 0 fully saturated rings. The average Bonchev–Trinajstić information content (AvgIpc) is 2.65. The number of alkyl halides is 3. The van der Waals surface area contributed by atoms with Gasteiger partial charge in [-0.05, 0) is 18.6 Å². The molecule has 1 aliphatic rings. The fourth-order valence-electron chi connectivity index (χ4n) is 3.29. The number of aryl methyl sites for hydroxylation is 1. The van der Waals surface area contributed by atoms with Crippen LogP contribution in [0.15, 0.2) is 24.4 Å². The molecule has 2 amide bonds. The number of hydrogen-bond acceptors (Lipinski definition) is 5. The lowest BCUT2D eigenvalue weighted by atomic mass is 9.99. The molecule has 3 heterocycles. The first-order valence-corrected chi connectivity index (χ1v) is 8.05. The van der Waals surface area contributed by atoms with Crippen LogP contribution in [0.25, 0.3) is 0 Å². The Labute approximate surface area is 151 Å². The summed E-state index contributed by atoms with van der Waals surface area (Å²) in [5.74, 6) is 0.123. The predicted octanol–water partition coefficient (Wildman–Crippen LogP) is 2.46. The molecule has 142 valence electrons. The summed E-state index contributed by atoms with van der Waals surface area (Å²) in [4.78, 5) is 31.8. The van der Waals surface area contributed by atoms with Gasteiger partial charge >= 0.3 is 12.2 Å². The molecule has 0 saturated heterocycles. The van der Waals surface area contributed by atoms with Gasteiger partial charge in [-0.2, -0.15) is 18.2 Å². The second-order valence-corrected chi connectivity index (χ2v) is 6.17. The molecule has 0 aromatic carbocycles. The molecule has 0 saturated carbocycles. The van der Waals surface area contributed by atoms with Gasteiger partial charge in [0.15, 0.2) is 6.29 Å². The van der Waals surface area contributed by atoms with Gasteiger partial charge in [0.25, 0.3) is 0 Å². The molecule has 2 aromatic heterocycles. The van der Waals surface area contributed by atoms with Crippen molar-refractivity contribution in [2.24, 2.45) is 5.73 Å². The molecule has 0 radical (unpaired) electrons. The molecule has 0 aliphatic carbocycles. The summed E-state index contributed by atoms with van der Waals surface area (Å²) < 4.78 is 37.8.